The molecule has 1 saturated carbocycles. The molecule has 1 fully saturated rings. The van der Waals surface area contributed by atoms with Gasteiger partial charge in [0.05, 0.1) is 0 Å². The lowest BCUT2D eigenvalue weighted by Crippen LogP contribution is -2.45. The van der Waals surface area contributed by atoms with Crippen LogP contribution < -0.4 is 0 Å². The Bertz CT molecular complexity index is 275. The van der Waals surface area contributed by atoms with Crippen molar-refractivity contribution >= 4 is 5.78 Å². The summed E-state index contributed by atoms with van der Waals surface area (Å²) in [5, 5.41) is 0. The molecular weight excluding hydrogens is 236 g/mol. The van der Waals surface area contributed by atoms with Crippen molar-refractivity contribution < 1.29 is 9.53 Å². The van der Waals surface area contributed by atoms with Crippen LogP contribution in [0.15, 0.2) is 0 Å². The predicted octanol–water partition coefficient (Wildman–Crippen LogP) is 4.61. The summed E-state index contributed by atoms with van der Waals surface area (Å²) in [6.07, 6.45) is 5.93. The van der Waals surface area contributed by atoms with Crippen LogP contribution in [0, 0.1) is 17.8 Å². The zero-order valence-electron chi connectivity index (χ0n) is 13.5. The van der Waals surface area contributed by atoms with Crippen molar-refractivity contribution in [2.75, 3.05) is 6.61 Å². The van der Waals surface area contributed by atoms with E-state index in [2.05, 4.69) is 27.7 Å². The largest absolute Gasteiger partial charge is 0.368 e. The van der Waals surface area contributed by atoms with Crippen LogP contribution in [0.3, 0.4) is 0 Å². The fourth-order valence-corrected chi connectivity index (χ4v) is 3.40. The molecule has 1 aliphatic rings. The average molecular weight is 268 g/mol. The summed E-state index contributed by atoms with van der Waals surface area (Å²) >= 11 is 0. The van der Waals surface area contributed by atoms with Crippen molar-refractivity contribution in [2.45, 2.75) is 78.7 Å². The normalized spacial score (nSPS) is 29.5. The first-order valence-electron chi connectivity index (χ1n) is 8.07. The first-order chi connectivity index (χ1) is 8.89. The fourth-order valence-electron chi connectivity index (χ4n) is 3.40. The molecule has 19 heavy (non-hydrogen) atoms. The Balaban J connectivity index is 2.62. The topological polar surface area (TPSA) is 26.3 Å². The van der Waals surface area contributed by atoms with Crippen LogP contribution in [0.25, 0.3) is 0 Å². The number of hydrogen-bond acceptors (Lipinski definition) is 2. The highest BCUT2D eigenvalue weighted by atomic mass is 16.5. The Hall–Kier alpha value is -0.370. The van der Waals surface area contributed by atoms with E-state index in [4.69, 9.17) is 4.74 Å². The number of ketones is 1. The number of ether oxygens (including phenoxy) is 1. The molecule has 0 aliphatic heterocycles. The Morgan fingerprint density at radius 1 is 1.26 bits per heavy atom. The molecule has 2 heteroatoms. The molecule has 0 aromatic heterocycles. The summed E-state index contributed by atoms with van der Waals surface area (Å²) in [5.41, 5.74) is -0.452. The van der Waals surface area contributed by atoms with Gasteiger partial charge in [-0.1, -0.05) is 27.7 Å². The lowest BCUT2D eigenvalue weighted by Gasteiger charge is -2.38. The van der Waals surface area contributed by atoms with E-state index in [1.54, 1.807) is 0 Å². The molecule has 112 valence electrons. The first-order valence-corrected chi connectivity index (χ1v) is 8.07. The van der Waals surface area contributed by atoms with Gasteiger partial charge in [-0.25, -0.2) is 0 Å². The Kier molecular flexibility index (Phi) is 6.52. The highest BCUT2D eigenvalue weighted by Crippen LogP contribution is 2.37. The van der Waals surface area contributed by atoms with Gasteiger partial charge in [-0.15, -0.1) is 0 Å². The van der Waals surface area contributed by atoms with E-state index in [0.717, 1.165) is 38.0 Å². The van der Waals surface area contributed by atoms with Crippen molar-refractivity contribution in [3.05, 3.63) is 0 Å². The maximum absolute atomic E-state index is 12.7. The first kappa shape index (κ1) is 16.7. The molecule has 0 bridgehead atoms. The number of Topliss-reactive ketones (excluding diaryl/α,β-unsaturated/α-hetero) is 1. The van der Waals surface area contributed by atoms with Gasteiger partial charge < -0.3 is 4.74 Å². The molecule has 1 aliphatic carbocycles. The van der Waals surface area contributed by atoms with Gasteiger partial charge in [-0.2, -0.15) is 0 Å². The molecule has 1 rings (SSSR count). The van der Waals surface area contributed by atoms with E-state index in [1.807, 2.05) is 6.92 Å². The van der Waals surface area contributed by atoms with Crippen molar-refractivity contribution in [3.8, 4) is 0 Å². The molecule has 0 N–H and O–H groups in total. The van der Waals surface area contributed by atoms with Crippen LogP contribution >= 0.6 is 0 Å². The maximum Gasteiger partial charge on any atom is 0.164 e. The summed E-state index contributed by atoms with van der Waals surface area (Å²) in [6.45, 7) is 11.6. The van der Waals surface area contributed by atoms with Crippen LogP contribution in [-0.4, -0.2) is 18.0 Å². The number of hydrogen-bond donors (Lipinski definition) is 0. The lowest BCUT2D eigenvalue weighted by molar-refractivity contribution is -0.151. The van der Waals surface area contributed by atoms with E-state index in [-0.39, 0.29) is 0 Å². The highest BCUT2D eigenvalue weighted by Gasteiger charge is 2.41. The molecule has 0 saturated heterocycles. The van der Waals surface area contributed by atoms with Crippen LogP contribution in [0.4, 0.5) is 0 Å². The molecule has 0 spiro atoms. The van der Waals surface area contributed by atoms with Gasteiger partial charge in [0.25, 0.3) is 0 Å². The molecule has 0 radical (unpaired) electrons. The molecular formula is C17H32O2. The van der Waals surface area contributed by atoms with E-state index < -0.39 is 5.60 Å². The third-order valence-electron chi connectivity index (χ3n) is 4.42. The van der Waals surface area contributed by atoms with E-state index in [0.29, 0.717) is 30.6 Å². The monoisotopic (exact) mass is 268 g/mol. The summed E-state index contributed by atoms with van der Waals surface area (Å²) in [5.74, 6) is 2.24. The van der Waals surface area contributed by atoms with Crippen LogP contribution in [-0.2, 0) is 9.53 Å². The zero-order chi connectivity index (χ0) is 14.5. The van der Waals surface area contributed by atoms with Gasteiger partial charge >= 0.3 is 0 Å². The third kappa shape index (κ3) is 4.91. The Morgan fingerprint density at radius 2 is 1.84 bits per heavy atom. The summed E-state index contributed by atoms with van der Waals surface area (Å²) in [4.78, 5) is 12.7. The Labute approximate surface area is 119 Å². The highest BCUT2D eigenvalue weighted by molar-refractivity contribution is 5.87. The minimum Gasteiger partial charge on any atom is -0.368 e. The van der Waals surface area contributed by atoms with Crippen molar-refractivity contribution in [1.82, 2.24) is 0 Å². The quantitative estimate of drug-likeness (QED) is 0.674. The lowest BCUT2D eigenvalue weighted by atomic mass is 9.75. The molecule has 1 unspecified atom stereocenters. The van der Waals surface area contributed by atoms with Gasteiger partial charge in [0.1, 0.15) is 5.60 Å². The van der Waals surface area contributed by atoms with Gasteiger partial charge in [-0.05, 0) is 56.8 Å². The van der Waals surface area contributed by atoms with Gasteiger partial charge in [0.15, 0.2) is 5.78 Å². The van der Waals surface area contributed by atoms with E-state index in [9.17, 15) is 4.79 Å². The number of carbonyl (C=O) groups excluding carboxylic acids is 1. The standard InChI is InChI=1S/C17H32O2/c1-6-19-17(9-7-14(4)8-10-17)16(18)12-15(5)11-13(2)3/h13-15H,6-12H2,1-5H3. The average Bonchev–Trinajstić information content (AvgIpc) is 2.31. The van der Waals surface area contributed by atoms with Crippen LogP contribution in [0.5, 0.6) is 0 Å². The van der Waals surface area contributed by atoms with Crippen LogP contribution in [0.1, 0.15) is 73.1 Å². The molecule has 0 heterocycles. The van der Waals surface area contributed by atoms with E-state index in [1.165, 1.54) is 0 Å². The molecule has 0 aromatic carbocycles. The number of rotatable bonds is 7. The second-order valence-corrected chi connectivity index (χ2v) is 6.97. The third-order valence-corrected chi connectivity index (χ3v) is 4.42. The minimum absolute atomic E-state index is 0.356. The molecule has 0 aromatic rings. The van der Waals surface area contributed by atoms with Crippen molar-refractivity contribution in [3.63, 3.8) is 0 Å². The zero-order valence-corrected chi connectivity index (χ0v) is 13.5. The predicted molar refractivity (Wildman–Crippen MR) is 80.2 cm³/mol. The molecule has 0 amide bonds. The SMILES string of the molecule is CCOC1(C(=O)CC(C)CC(C)C)CCC(C)CC1. The van der Waals surface area contributed by atoms with Crippen LogP contribution in [0.2, 0.25) is 0 Å². The smallest absolute Gasteiger partial charge is 0.164 e. The van der Waals surface area contributed by atoms with Crippen molar-refractivity contribution in [2.24, 2.45) is 17.8 Å². The maximum atomic E-state index is 12.7. The second kappa shape index (κ2) is 7.42. The summed E-state index contributed by atoms with van der Waals surface area (Å²) < 4.78 is 5.94. The molecule has 1 atom stereocenters. The summed E-state index contributed by atoms with van der Waals surface area (Å²) in [6, 6.07) is 0. The van der Waals surface area contributed by atoms with Gasteiger partial charge in [-0.3, -0.25) is 4.79 Å². The van der Waals surface area contributed by atoms with E-state index >= 15 is 0 Å². The number of carbonyl (C=O) groups is 1. The Morgan fingerprint density at radius 3 is 2.32 bits per heavy atom. The second-order valence-electron chi connectivity index (χ2n) is 6.97. The van der Waals surface area contributed by atoms with Gasteiger partial charge in [0, 0.05) is 13.0 Å². The van der Waals surface area contributed by atoms with Gasteiger partial charge in [0.2, 0.25) is 0 Å². The van der Waals surface area contributed by atoms with Crippen molar-refractivity contribution in [1.29, 1.82) is 0 Å². The minimum atomic E-state index is -0.452. The molecule has 2 nitrogen and oxygen atoms in total. The fraction of sp³-hybridized carbons (Fsp3) is 0.941. The summed E-state index contributed by atoms with van der Waals surface area (Å²) in [7, 11) is 0.